The van der Waals surface area contributed by atoms with Crippen LogP contribution in [0.4, 0.5) is 0 Å². The van der Waals surface area contributed by atoms with Gasteiger partial charge in [-0.25, -0.2) is 14.1 Å². The summed E-state index contributed by atoms with van der Waals surface area (Å²) in [7, 11) is 6.17. The van der Waals surface area contributed by atoms with Crippen LogP contribution in [-0.4, -0.2) is 29.5 Å². The monoisotopic (exact) mass is 306 g/mol. The Hall–Kier alpha value is -0.840. The van der Waals surface area contributed by atoms with Gasteiger partial charge < -0.3 is 24.8 Å². The van der Waals surface area contributed by atoms with Crippen LogP contribution in [0, 0.1) is 0 Å². The molecule has 0 spiro atoms. The molecule has 0 N–H and O–H groups in total. The SMILES string of the molecule is CCCCn1cc[n+](C)c1.C[N+]1(C)C=CN=C1.[Cl-].[Cl-]. The van der Waals surface area contributed by atoms with E-state index in [1.54, 1.807) is 6.20 Å². The van der Waals surface area contributed by atoms with Gasteiger partial charge in [-0.3, -0.25) is 4.48 Å². The smallest absolute Gasteiger partial charge is 0.243 e. The zero-order valence-electron chi connectivity index (χ0n) is 12.1. The van der Waals surface area contributed by atoms with Gasteiger partial charge in [-0.05, 0) is 6.42 Å². The number of hydrogen-bond acceptors (Lipinski definition) is 1. The van der Waals surface area contributed by atoms with Crippen molar-refractivity contribution in [3.63, 3.8) is 0 Å². The Balaban J connectivity index is 0. The highest BCUT2D eigenvalue weighted by Crippen LogP contribution is 1.99. The van der Waals surface area contributed by atoms with Crippen LogP contribution < -0.4 is 29.4 Å². The average molecular weight is 307 g/mol. The third kappa shape index (κ3) is 8.81. The Morgan fingerprint density at radius 2 is 1.95 bits per heavy atom. The first kappa shape index (κ1) is 20.5. The van der Waals surface area contributed by atoms with Crippen LogP contribution in [-0.2, 0) is 13.6 Å². The van der Waals surface area contributed by atoms with Crippen molar-refractivity contribution in [3.8, 4) is 0 Å². The Morgan fingerprint density at radius 1 is 1.26 bits per heavy atom. The molecule has 19 heavy (non-hydrogen) atoms. The van der Waals surface area contributed by atoms with Crippen molar-refractivity contribution in [1.82, 2.24) is 4.57 Å². The van der Waals surface area contributed by atoms with Crippen LogP contribution in [0.25, 0.3) is 0 Å². The van der Waals surface area contributed by atoms with Gasteiger partial charge in [-0.1, -0.05) is 13.3 Å². The zero-order valence-corrected chi connectivity index (χ0v) is 13.6. The number of hydrogen-bond donors (Lipinski definition) is 0. The van der Waals surface area contributed by atoms with Crippen LogP contribution in [0.2, 0.25) is 0 Å². The highest BCUT2D eigenvalue weighted by Gasteiger charge is 2.09. The standard InChI is InChI=1S/C8H15N2.C5H9N2.2ClH/c1-3-4-5-10-7-6-9(2)8-10;1-7(2)4-3-6-5-7;;/h6-8H,3-5H2,1-2H3;3-5H,1-2H3;2*1H/q2*+1;;/p-2. The molecule has 0 saturated carbocycles. The summed E-state index contributed by atoms with van der Waals surface area (Å²) in [6.45, 7) is 3.36. The van der Waals surface area contributed by atoms with Crippen molar-refractivity contribution in [2.45, 2.75) is 26.3 Å². The molecule has 2 rings (SSSR count). The number of quaternary nitrogens is 1. The lowest BCUT2D eigenvalue weighted by Crippen LogP contribution is -3.00. The van der Waals surface area contributed by atoms with E-state index in [1.807, 2.05) is 19.6 Å². The number of imidazole rings is 1. The number of halogens is 2. The maximum absolute atomic E-state index is 3.90. The highest BCUT2D eigenvalue weighted by molar-refractivity contribution is 5.50. The lowest BCUT2D eigenvalue weighted by Gasteiger charge is -2.12. The number of aryl methyl sites for hydroxylation is 2. The van der Waals surface area contributed by atoms with Gasteiger partial charge in [0.2, 0.25) is 6.33 Å². The normalized spacial score (nSPS) is 14.1. The van der Waals surface area contributed by atoms with Crippen molar-refractivity contribution in [2.75, 3.05) is 14.1 Å². The molecule has 1 aromatic heterocycles. The maximum atomic E-state index is 3.90. The number of rotatable bonds is 3. The molecule has 1 aliphatic heterocycles. The minimum absolute atomic E-state index is 0. The van der Waals surface area contributed by atoms with E-state index >= 15 is 0 Å². The summed E-state index contributed by atoms with van der Waals surface area (Å²) >= 11 is 0. The molecule has 0 saturated heterocycles. The van der Waals surface area contributed by atoms with Crippen LogP contribution in [0.3, 0.4) is 0 Å². The first-order chi connectivity index (χ1) is 8.03. The van der Waals surface area contributed by atoms with Gasteiger partial charge in [0.15, 0.2) is 6.34 Å². The van der Waals surface area contributed by atoms with Gasteiger partial charge >= 0.3 is 0 Å². The molecule has 4 nitrogen and oxygen atoms in total. The highest BCUT2D eigenvalue weighted by atomic mass is 35.5. The van der Waals surface area contributed by atoms with E-state index in [-0.39, 0.29) is 24.8 Å². The van der Waals surface area contributed by atoms with Crippen LogP contribution >= 0.6 is 0 Å². The summed E-state index contributed by atoms with van der Waals surface area (Å²) in [5.74, 6) is 0. The zero-order chi connectivity index (χ0) is 12.7. The van der Waals surface area contributed by atoms with Gasteiger partial charge in [-0.2, -0.15) is 0 Å². The fourth-order valence-electron chi connectivity index (χ4n) is 1.43. The second kappa shape index (κ2) is 10.0. The third-order valence-corrected chi connectivity index (χ3v) is 2.49. The molecule has 6 heteroatoms. The summed E-state index contributed by atoms with van der Waals surface area (Å²) in [5, 5.41) is 0. The Kier molecular flexibility index (Phi) is 10.8. The van der Waals surface area contributed by atoms with E-state index in [0.717, 1.165) is 11.0 Å². The van der Waals surface area contributed by atoms with E-state index < -0.39 is 0 Å². The molecular weight excluding hydrogens is 283 g/mol. The van der Waals surface area contributed by atoms with E-state index in [2.05, 4.69) is 53.9 Å². The summed E-state index contributed by atoms with van der Waals surface area (Å²) in [4.78, 5) is 3.90. The van der Waals surface area contributed by atoms with Crippen molar-refractivity contribution >= 4 is 6.34 Å². The molecule has 0 amide bonds. The van der Waals surface area contributed by atoms with E-state index in [9.17, 15) is 0 Å². The van der Waals surface area contributed by atoms with Gasteiger partial charge in [0.25, 0.3) is 0 Å². The molecule has 0 fully saturated rings. The number of nitrogens with zero attached hydrogens (tertiary/aromatic N) is 4. The molecule has 0 bridgehead atoms. The van der Waals surface area contributed by atoms with E-state index in [1.165, 1.54) is 12.8 Å². The molecule has 0 radical (unpaired) electrons. The van der Waals surface area contributed by atoms with Crippen LogP contribution in [0.5, 0.6) is 0 Å². The molecule has 0 aliphatic carbocycles. The molecule has 1 aliphatic rings. The van der Waals surface area contributed by atoms with Crippen molar-refractivity contribution in [1.29, 1.82) is 0 Å². The maximum Gasteiger partial charge on any atom is 0.243 e. The van der Waals surface area contributed by atoms with E-state index in [0.29, 0.717) is 0 Å². The molecule has 0 aromatic carbocycles. The average Bonchev–Trinajstić information content (AvgIpc) is 2.85. The lowest BCUT2D eigenvalue weighted by atomic mass is 10.3. The molecule has 1 aromatic rings. The summed E-state index contributed by atoms with van der Waals surface area (Å²) < 4.78 is 5.05. The Morgan fingerprint density at radius 3 is 2.26 bits per heavy atom. The van der Waals surface area contributed by atoms with Gasteiger partial charge in [-0.15, -0.1) is 0 Å². The minimum atomic E-state index is 0. The molecule has 0 atom stereocenters. The predicted octanol–water partition coefficient (Wildman–Crippen LogP) is -4.30. The summed E-state index contributed by atoms with van der Waals surface area (Å²) in [6.07, 6.45) is 14.5. The van der Waals surface area contributed by atoms with Gasteiger partial charge in [0.05, 0.1) is 33.9 Å². The minimum Gasteiger partial charge on any atom is -1.00 e. The van der Waals surface area contributed by atoms with Crippen molar-refractivity contribution in [3.05, 3.63) is 31.1 Å². The number of aliphatic imine (C=N–C) groups is 1. The second-order valence-corrected chi connectivity index (χ2v) is 4.86. The van der Waals surface area contributed by atoms with Crippen LogP contribution in [0.1, 0.15) is 19.8 Å². The third-order valence-electron chi connectivity index (χ3n) is 2.49. The molecular formula is C13H24Cl2N4. The van der Waals surface area contributed by atoms with E-state index in [4.69, 9.17) is 0 Å². The Bertz CT molecular complexity index is 383. The number of unbranched alkanes of at least 4 members (excludes halogenated alkanes) is 1. The first-order valence-corrected chi connectivity index (χ1v) is 6.10. The topological polar surface area (TPSA) is 21.2 Å². The van der Waals surface area contributed by atoms with Crippen LogP contribution in [0.15, 0.2) is 36.1 Å². The molecule has 0 unspecified atom stereocenters. The van der Waals surface area contributed by atoms with Gasteiger partial charge in [0.1, 0.15) is 18.6 Å². The predicted molar refractivity (Wildman–Crippen MR) is 70.3 cm³/mol. The fraction of sp³-hybridized carbons (Fsp3) is 0.538. The van der Waals surface area contributed by atoms with Crippen molar-refractivity contribution in [2.24, 2.45) is 12.0 Å². The summed E-state index contributed by atoms with van der Waals surface area (Å²) in [6, 6.07) is 0. The quantitative estimate of drug-likeness (QED) is 0.398. The number of aromatic nitrogens is 2. The first-order valence-electron chi connectivity index (χ1n) is 6.10. The largest absolute Gasteiger partial charge is 1.00 e. The Labute approximate surface area is 128 Å². The van der Waals surface area contributed by atoms with Gasteiger partial charge in [0, 0.05) is 0 Å². The molecule has 2 heterocycles. The summed E-state index contributed by atoms with van der Waals surface area (Å²) in [5.41, 5.74) is 0. The lowest BCUT2D eigenvalue weighted by molar-refractivity contribution is -0.732. The fourth-order valence-corrected chi connectivity index (χ4v) is 1.43. The molecule has 110 valence electrons. The second-order valence-electron chi connectivity index (χ2n) is 4.86. The van der Waals surface area contributed by atoms with Crippen molar-refractivity contribution < 1.29 is 33.9 Å².